The van der Waals surface area contributed by atoms with Gasteiger partial charge in [0.15, 0.2) is 0 Å². The molecule has 0 aliphatic carbocycles. The smallest absolute Gasteiger partial charge is 0.317 e. The van der Waals surface area contributed by atoms with Gasteiger partial charge in [0, 0.05) is 19.3 Å². The Hall–Kier alpha value is -2.36. The zero-order valence-corrected chi connectivity index (χ0v) is 13.3. The van der Waals surface area contributed by atoms with E-state index in [9.17, 15) is 4.79 Å². The second-order valence-corrected chi connectivity index (χ2v) is 6.10. The molecule has 1 saturated heterocycles. The van der Waals surface area contributed by atoms with E-state index >= 15 is 0 Å². The molecular formula is C19H23N3O. The van der Waals surface area contributed by atoms with Crippen molar-refractivity contribution in [3.8, 4) is 0 Å². The third-order valence-electron chi connectivity index (χ3n) is 4.42. The molecule has 120 valence electrons. The standard InChI is InChI=1S/C19H23N3O/c23-19(21-15-18-8-4-5-11-20-18)22-12-9-17(10-13-22)14-16-6-2-1-3-7-16/h1-8,11,17H,9-10,12-15H2,(H,21,23). The number of rotatable bonds is 4. The zero-order valence-electron chi connectivity index (χ0n) is 13.3. The molecule has 4 heteroatoms. The lowest BCUT2D eigenvalue weighted by molar-refractivity contribution is 0.170. The number of likely N-dealkylation sites (tertiary alicyclic amines) is 1. The number of urea groups is 1. The number of aromatic nitrogens is 1. The van der Waals surface area contributed by atoms with E-state index in [1.807, 2.05) is 23.1 Å². The minimum Gasteiger partial charge on any atom is -0.332 e. The number of nitrogens with zero attached hydrogens (tertiary/aromatic N) is 2. The molecule has 0 atom stereocenters. The van der Waals surface area contributed by atoms with Crippen LogP contribution in [0.2, 0.25) is 0 Å². The average molecular weight is 309 g/mol. The van der Waals surface area contributed by atoms with Crippen LogP contribution in [0.15, 0.2) is 54.7 Å². The summed E-state index contributed by atoms with van der Waals surface area (Å²) in [6.45, 7) is 2.17. The highest BCUT2D eigenvalue weighted by atomic mass is 16.2. The van der Waals surface area contributed by atoms with Crippen molar-refractivity contribution in [3.63, 3.8) is 0 Å². The maximum Gasteiger partial charge on any atom is 0.317 e. The minimum atomic E-state index is 0.0221. The van der Waals surface area contributed by atoms with Crippen LogP contribution in [0.5, 0.6) is 0 Å². The van der Waals surface area contributed by atoms with Gasteiger partial charge in [-0.3, -0.25) is 4.98 Å². The Balaban J connectivity index is 1.42. The van der Waals surface area contributed by atoms with Gasteiger partial charge in [0.2, 0.25) is 0 Å². The summed E-state index contributed by atoms with van der Waals surface area (Å²) in [6, 6.07) is 16.4. The third-order valence-corrected chi connectivity index (χ3v) is 4.42. The quantitative estimate of drug-likeness (QED) is 0.942. The Morgan fingerprint density at radius 1 is 1.09 bits per heavy atom. The zero-order chi connectivity index (χ0) is 15.9. The van der Waals surface area contributed by atoms with Crippen molar-refractivity contribution in [2.45, 2.75) is 25.8 Å². The highest BCUT2D eigenvalue weighted by molar-refractivity contribution is 5.74. The maximum absolute atomic E-state index is 12.2. The molecule has 1 fully saturated rings. The molecule has 0 spiro atoms. The van der Waals surface area contributed by atoms with Crippen LogP contribution < -0.4 is 5.32 Å². The number of pyridine rings is 1. The van der Waals surface area contributed by atoms with Crippen LogP contribution in [0.25, 0.3) is 0 Å². The number of amides is 2. The molecule has 0 bridgehead atoms. The fraction of sp³-hybridized carbons (Fsp3) is 0.368. The van der Waals surface area contributed by atoms with E-state index in [-0.39, 0.29) is 6.03 Å². The van der Waals surface area contributed by atoms with Gasteiger partial charge in [0.05, 0.1) is 12.2 Å². The summed E-state index contributed by atoms with van der Waals surface area (Å²) < 4.78 is 0. The van der Waals surface area contributed by atoms with Crippen LogP contribution in [-0.4, -0.2) is 29.0 Å². The summed E-state index contributed by atoms with van der Waals surface area (Å²) >= 11 is 0. The number of piperidine rings is 1. The van der Waals surface area contributed by atoms with Gasteiger partial charge < -0.3 is 10.2 Å². The molecule has 3 rings (SSSR count). The lowest BCUT2D eigenvalue weighted by Gasteiger charge is -2.32. The van der Waals surface area contributed by atoms with Crippen LogP contribution in [0.1, 0.15) is 24.1 Å². The van der Waals surface area contributed by atoms with E-state index in [4.69, 9.17) is 0 Å². The topological polar surface area (TPSA) is 45.2 Å². The number of carbonyl (C=O) groups excluding carboxylic acids is 1. The minimum absolute atomic E-state index is 0.0221. The summed E-state index contributed by atoms with van der Waals surface area (Å²) in [5, 5.41) is 2.96. The molecule has 2 amide bonds. The molecule has 2 aromatic rings. The van der Waals surface area contributed by atoms with Crippen LogP contribution >= 0.6 is 0 Å². The number of hydrogen-bond acceptors (Lipinski definition) is 2. The molecule has 1 N–H and O–H groups in total. The molecule has 0 saturated carbocycles. The van der Waals surface area contributed by atoms with Gasteiger partial charge in [-0.1, -0.05) is 36.4 Å². The molecule has 4 nitrogen and oxygen atoms in total. The second kappa shape index (κ2) is 7.77. The summed E-state index contributed by atoms with van der Waals surface area (Å²) in [4.78, 5) is 18.4. The number of carbonyl (C=O) groups is 1. The van der Waals surface area contributed by atoms with Crippen molar-refractivity contribution < 1.29 is 4.79 Å². The van der Waals surface area contributed by atoms with E-state index < -0.39 is 0 Å². The first-order chi connectivity index (χ1) is 11.3. The Morgan fingerprint density at radius 2 is 1.83 bits per heavy atom. The summed E-state index contributed by atoms with van der Waals surface area (Å²) in [5.74, 6) is 0.678. The van der Waals surface area contributed by atoms with Crippen molar-refractivity contribution in [1.82, 2.24) is 15.2 Å². The van der Waals surface area contributed by atoms with Crippen molar-refractivity contribution in [2.75, 3.05) is 13.1 Å². The molecule has 1 aromatic carbocycles. The SMILES string of the molecule is O=C(NCc1ccccn1)N1CCC(Cc2ccccc2)CC1. The fourth-order valence-corrected chi connectivity index (χ4v) is 3.07. The number of benzene rings is 1. The fourth-order valence-electron chi connectivity index (χ4n) is 3.07. The van der Waals surface area contributed by atoms with Gasteiger partial charge in [-0.15, -0.1) is 0 Å². The molecule has 1 aromatic heterocycles. The van der Waals surface area contributed by atoms with Crippen molar-refractivity contribution in [1.29, 1.82) is 0 Å². The van der Waals surface area contributed by atoms with E-state index in [2.05, 4.69) is 40.6 Å². The molecule has 0 radical (unpaired) electrons. The third kappa shape index (κ3) is 4.55. The highest BCUT2D eigenvalue weighted by Crippen LogP contribution is 2.21. The second-order valence-electron chi connectivity index (χ2n) is 6.10. The maximum atomic E-state index is 12.2. The highest BCUT2D eigenvalue weighted by Gasteiger charge is 2.22. The van der Waals surface area contributed by atoms with E-state index in [0.29, 0.717) is 12.5 Å². The molecule has 1 aliphatic rings. The van der Waals surface area contributed by atoms with Crippen LogP contribution in [0, 0.1) is 5.92 Å². The lowest BCUT2D eigenvalue weighted by Crippen LogP contribution is -2.44. The van der Waals surface area contributed by atoms with E-state index in [1.165, 1.54) is 5.56 Å². The van der Waals surface area contributed by atoms with Crippen LogP contribution in [0.3, 0.4) is 0 Å². The first-order valence-electron chi connectivity index (χ1n) is 8.28. The average Bonchev–Trinajstić information content (AvgIpc) is 2.62. The molecule has 1 aliphatic heterocycles. The van der Waals surface area contributed by atoms with E-state index in [0.717, 1.165) is 38.0 Å². The molecular weight excluding hydrogens is 286 g/mol. The van der Waals surface area contributed by atoms with Gasteiger partial charge in [0.1, 0.15) is 0 Å². The Bertz CT molecular complexity index is 607. The first-order valence-corrected chi connectivity index (χ1v) is 8.28. The summed E-state index contributed by atoms with van der Waals surface area (Å²) in [5.41, 5.74) is 2.28. The number of nitrogens with one attached hydrogen (secondary N) is 1. The Labute approximate surface area is 137 Å². The van der Waals surface area contributed by atoms with Gasteiger partial charge in [0.25, 0.3) is 0 Å². The Morgan fingerprint density at radius 3 is 2.52 bits per heavy atom. The summed E-state index contributed by atoms with van der Waals surface area (Å²) in [6.07, 6.45) is 5.01. The summed E-state index contributed by atoms with van der Waals surface area (Å²) in [7, 11) is 0. The molecule has 23 heavy (non-hydrogen) atoms. The van der Waals surface area contributed by atoms with Gasteiger partial charge in [-0.05, 0) is 42.9 Å². The van der Waals surface area contributed by atoms with Gasteiger partial charge in [-0.25, -0.2) is 4.79 Å². The number of hydrogen-bond donors (Lipinski definition) is 1. The molecule has 2 heterocycles. The van der Waals surface area contributed by atoms with Crippen molar-refractivity contribution in [3.05, 3.63) is 66.0 Å². The predicted octanol–water partition coefficient (Wildman–Crippen LogP) is 3.25. The van der Waals surface area contributed by atoms with E-state index in [1.54, 1.807) is 6.20 Å². The van der Waals surface area contributed by atoms with Crippen LogP contribution in [-0.2, 0) is 13.0 Å². The van der Waals surface area contributed by atoms with Crippen LogP contribution in [0.4, 0.5) is 4.79 Å². The van der Waals surface area contributed by atoms with Crippen molar-refractivity contribution >= 4 is 6.03 Å². The largest absolute Gasteiger partial charge is 0.332 e. The lowest BCUT2D eigenvalue weighted by atomic mass is 9.90. The monoisotopic (exact) mass is 309 g/mol. The van der Waals surface area contributed by atoms with Crippen molar-refractivity contribution in [2.24, 2.45) is 5.92 Å². The predicted molar refractivity (Wildman–Crippen MR) is 90.9 cm³/mol. The first kappa shape index (κ1) is 15.5. The normalized spacial score (nSPS) is 15.4. The molecule has 0 unspecified atom stereocenters. The van der Waals surface area contributed by atoms with Gasteiger partial charge in [-0.2, -0.15) is 0 Å². The van der Waals surface area contributed by atoms with Gasteiger partial charge >= 0.3 is 6.03 Å². The Kier molecular flexibility index (Phi) is 5.25.